The van der Waals surface area contributed by atoms with Gasteiger partial charge in [0.2, 0.25) is 5.91 Å². The minimum atomic E-state index is -1.04. The van der Waals surface area contributed by atoms with E-state index in [0.717, 1.165) is 6.42 Å². The number of carbonyl (C=O) groups is 2. The van der Waals surface area contributed by atoms with Crippen LogP contribution >= 0.6 is 11.8 Å². The molecule has 0 aliphatic rings. The van der Waals surface area contributed by atoms with Gasteiger partial charge in [-0.05, 0) is 19.3 Å². The molecule has 0 bridgehead atoms. The second kappa shape index (κ2) is 8.36. The minimum Gasteiger partial charge on any atom is -0.480 e. The molecule has 17 heavy (non-hydrogen) atoms. The van der Waals surface area contributed by atoms with E-state index >= 15 is 0 Å². The largest absolute Gasteiger partial charge is 0.480 e. The van der Waals surface area contributed by atoms with Crippen molar-refractivity contribution in [1.82, 2.24) is 5.32 Å². The van der Waals surface area contributed by atoms with Crippen molar-refractivity contribution in [2.75, 3.05) is 12.3 Å². The van der Waals surface area contributed by atoms with Gasteiger partial charge in [-0.2, -0.15) is 0 Å². The van der Waals surface area contributed by atoms with E-state index in [1.807, 2.05) is 0 Å². The quantitative estimate of drug-likeness (QED) is 0.598. The molecule has 0 fully saturated rings. The van der Waals surface area contributed by atoms with E-state index in [-0.39, 0.29) is 16.9 Å². The summed E-state index contributed by atoms with van der Waals surface area (Å²) in [7, 11) is 0. The van der Waals surface area contributed by atoms with Gasteiger partial charge >= 0.3 is 5.97 Å². The van der Waals surface area contributed by atoms with Gasteiger partial charge < -0.3 is 16.2 Å². The van der Waals surface area contributed by atoms with E-state index in [1.165, 1.54) is 11.8 Å². The molecule has 0 aromatic heterocycles. The van der Waals surface area contributed by atoms with E-state index < -0.39 is 12.0 Å². The van der Waals surface area contributed by atoms with Gasteiger partial charge in [0.05, 0.1) is 5.25 Å². The Labute approximate surface area is 107 Å². The Balaban J connectivity index is 3.78. The van der Waals surface area contributed by atoms with Crippen LogP contribution < -0.4 is 11.1 Å². The van der Waals surface area contributed by atoms with E-state index in [2.05, 4.69) is 19.2 Å². The molecule has 0 rings (SSSR count). The molecule has 0 spiro atoms. The highest BCUT2D eigenvalue weighted by Crippen LogP contribution is 2.11. The number of nitrogens with two attached hydrogens (primary N) is 1. The zero-order chi connectivity index (χ0) is 13.4. The molecule has 0 radical (unpaired) electrons. The molecule has 1 unspecified atom stereocenters. The zero-order valence-corrected chi connectivity index (χ0v) is 11.4. The highest BCUT2D eigenvalue weighted by Gasteiger charge is 2.17. The summed E-state index contributed by atoms with van der Waals surface area (Å²) in [6.45, 7) is 6.60. The maximum atomic E-state index is 11.6. The lowest BCUT2D eigenvalue weighted by Crippen LogP contribution is -2.36. The standard InChI is InChI=1S/C11H22N2O3S/c1-7(2)4-5-13-10(14)8(3)17-6-9(12)11(15)16/h7-9H,4-6,12H2,1-3H3,(H,13,14)(H,15,16)/t8?,9-/m1/s1. The van der Waals surface area contributed by atoms with Crippen LogP contribution in [0.15, 0.2) is 0 Å². The van der Waals surface area contributed by atoms with Crippen molar-refractivity contribution in [2.45, 2.75) is 38.5 Å². The first kappa shape index (κ1) is 16.2. The fraction of sp³-hybridized carbons (Fsp3) is 0.818. The number of rotatable bonds is 8. The summed E-state index contributed by atoms with van der Waals surface area (Å²) in [5.74, 6) is -0.300. The first-order valence-corrected chi connectivity index (χ1v) is 6.77. The molecule has 0 aliphatic carbocycles. The molecule has 0 aromatic rings. The molecule has 0 aromatic carbocycles. The first-order chi connectivity index (χ1) is 7.84. The molecule has 0 saturated heterocycles. The van der Waals surface area contributed by atoms with Crippen LogP contribution in [0.5, 0.6) is 0 Å². The molecule has 1 amide bonds. The van der Waals surface area contributed by atoms with Crippen molar-refractivity contribution in [3.05, 3.63) is 0 Å². The van der Waals surface area contributed by atoms with Gasteiger partial charge in [0.1, 0.15) is 6.04 Å². The Kier molecular flexibility index (Phi) is 7.99. The Morgan fingerprint density at radius 2 is 1.94 bits per heavy atom. The minimum absolute atomic E-state index is 0.0618. The van der Waals surface area contributed by atoms with E-state index in [0.29, 0.717) is 12.5 Å². The third kappa shape index (κ3) is 8.04. The SMILES string of the molecule is CC(C)CCNC(=O)C(C)SC[C@@H](N)C(=O)O. The van der Waals surface area contributed by atoms with Crippen LogP contribution in [0, 0.1) is 5.92 Å². The van der Waals surface area contributed by atoms with Crippen LogP contribution in [0.25, 0.3) is 0 Å². The lowest BCUT2D eigenvalue weighted by Gasteiger charge is -2.14. The number of carbonyl (C=O) groups excluding carboxylic acids is 1. The third-order valence-corrected chi connectivity index (χ3v) is 3.50. The average molecular weight is 262 g/mol. The van der Waals surface area contributed by atoms with Crippen LogP contribution in [-0.4, -0.2) is 40.6 Å². The lowest BCUT2D eigenvalue weighted by molar-refractivity contribution is -0.138. The number of carboxylic acids is 1. The van der Waals surface area contributed by atoms with Crippen molar-refractivity contribution >= 4 is 23.6 Å². The Bertz CT molecular complexity index is 259. The molecule has 6 heteroatoms. The Hall–Kier alpha value is -0.750. The molecule has 0 heterocycles. The van der Waals surface area contributed by atoms with Gasteiger partial charge in [-0.1, -0.05) is 13.8 Å². The van der Waals surface area contributed by atoms with Crippen LogP contribution in [0.1, 0.15) is 27.2 Å². The van der Waals surface area contributed by atoms with Crippen LogP contribution in [0.2, 0.25) is 0 Å². The predicted octanol–water partition coefficient (Wildman–Crippen LogP) is 0.682. The van der Waals surface area contributed by atoms with Gasteiger partial charge in [-0.15, -0.1) is 11.8 Å². The number of aliphatic carboxylic acids is 1. The lowest BCUT2D eigenvalue weighted by atomic mass is 10.1. The number of hydrogen-bond acceptors (Lipinski definition) is 4. The maximum absolute atomic E-state index is 11.6. The Morgan fingerprint density at radius 3 is 2.41 bits per heavy atom. The van der Waals surface area contributed by atoms with Gasteiger partial charge in [0.25, 0.3) is 0 Å². The first-order valence-electron chi connectivity index (χ1n) is 5.72. The second-order valence-corrected chi connectivity index (χ2v) is 5.77. The molecule has 4 N–H and O–H groups in total. The van der Waals surface area contributed by atoms with Crippen molar-refractivity contribution in [3.63, 3.8) is 0 Å². The number of nitrogens with one attached hydrogen (secondary N) is 1. The number of carboxylic acid groups (broad SMARTS) is 1. The summed E-state index contributed by atoms with van der Waals surface area (Å²) in [4.78, 5) is 22.1. The van der Waals surface area contributed by atoms with Crippen LogP contribution in [0.4, 0.5) is 0 Å². The highest BCUT2D eigenvalue weighted by molar-refractivity contribution is 8.00. The van der Waals surface area contributed by atoms with Crippen molar-refractivity contribution in [1.29, 1.82) is 0 Å². The van der Waals surface area contributed by atoms with Crippen molar-refractivity contribution in [3.8, 4) is 0 Å². The second-order valence-electron chi connectivity index (χ2n) is 4.39. The van der Waals surface area contributed by atoms with Crippen LogP contribution in [-0.2, 0) is 9.59 Å². The zero-order valence-electron chi connectivity index (χ0n) is 10.6. The van der Waals surface area contributed by atoms with E-state index in [9.17, 15) is 9.59 Å². The summed E-state index contributed by atoms with van der Waals surface area (Å²) in [5.41, 5.74) is 5.35. The fourth-order valence-corrected chi connectivity index (χ4v) is 1.90. The van der Waals surface area contributed by atoms with Crippen molar-refractivity contribution in [2.24, 2.45) is 11.7 Å². The topological polar surface area (TPSA) is 92.4 Å². The normalized spacial score (nSPS) is 14.4. The van der Waals surface area contributed by atoms with Gasteiger partial charge in [0.15, 0.2) is 0 Å². The number of amides is 1. The fourth-order valence-electron chi connectivity index (χ4n) is 1.02. The van der Waals surface area contributed by atoms with Gasteiger partial charge in [-0.3, -0.25) is 9.59 Å². The van der Waals surface area contributed by atoms with Crippen LogP contribution in [0.3, 0.4) is 0 Å². The molecule has 0 saturated carbocycles. The van der Waals surface area contributed by atoms with Gasteiger partial charge in [-0.25, -0.2) is 0 Å². The summed E-state index contributed by atoms with van der Waals surface area (Å²) < 4.78 is 0. The Morgan fingerprint density at radius 1 is 1.35 bits per heavy atom. The number of thioether (sulfide) groups is 1. The summed E-state index contributed by atoms with van der Waals surface area (Å²) >= 11 is 1.26. The maximum Gasteiger partial charge on any atom is 0.321 e. The summed E-state index contributed by atoms with van der Waals surface area (Å²) in [6.07, 6.45) is 0.942. The molecular formula is C11H22N2O3S. The summed E-state index contributed by atoms with van der Waals surface area (Å²) in [5, 5.41) is 11.1. The molecule has 100 valence electrons. The molecule has 0 aliphatic heterocycles. The van der Waals surface area contributed by atoms with Crippen molar-refractivity contribution < 1.29 is 14.7 Å². The molecule has 5 nitrogen and oxygen atoms in total. The molecular weight excluding hydrogens is 240 g/mol. The van der Waals surface area contributed by atoms with E-state index in [1.54, 1.807) is 6.92 Å². The highest BCUT2D eigenvalue weighted by atomic mass is 32.2. The number of hydrogen-bond donors (Lipinski definition) is 3. The van der Waals surface area contributed by atoms with E-state index in [4.69, 9.17) is 10.8 Å². The summed E-state index contributed by atoms with van der Waals surface area (Å²) in [6, 6.07) is -0.911. The third-order valence-electron chi connectivity index (χ3n) is 2.23. The van der Waals surface area contributed by atoms with Gasteiger partial charge in [0, 0.05) is 12.3 Å². The molecule has 2 atom stereocenters. The monoisotopic (exact) mass is 262 g/mol. The average Bonchev–Trinajstić information content (AvgIpc) is 2.24. The predicted molar refractivity (Wildman–Crippen MR) is 70.0 cm³/mol. The smallest absolute Gasteiger partial charge is 0.321 e.